The Hall–Kier alpha value is -0.390. The number of hydrogen-bond acceptors (Lipinski definition) is 3. The third kappa shape index (κ3) is 5.66. The highest BCUT2D eigenvalue weighted by molar-refractivity contribution is 9.11. The first kappa shape index (κ1) is 14.7. The van der Waals surface area contributed by atoms with Crippen molar-refractivity contribution in [2.75, 3.05) is 20.3 Å². The van der Waals surface area contributed by atoms with Gasteiger partial charge < -0.3 is 9.64 Å². The standard InChI is InChI=1S/C12H18BrNO2S/c1-3-16-6-4-5-12(15)14(2)8-10-7-11(13)17-9-10/h7,9H,3-6,8H2,1-2H3. The molecule has 96 valence electrons. The highest BCUT2D eigenvalue weighted by Crippen LogP contribution is 2.21. The van der Waals surface area contributed by atoms with Crippen molar-refractivity contribution < 1.29 is 9.53 Å². The third-order valence-electron chi connectivity index (χ3n) is 2.35. The maximum atomic E-state index is 11.8. The highest BCUT2D eigenvalue weighted by Gasteiger charge is 2.09. The van der Waals surface area contributed by atoms with Gasteiger partial charge in [-0.25, -0.2) is 0 Å². The number of hydrogen-bond donors (Lipinski definition) is 0. The predicted octanol–water partition coefficient (Wildman–Crippen LogP) is 3.29. The second kappa shape index (κ2) is 7.84. The molecule has 0 aliphatic rings. The molecular weight excluding hydrogens is 302 g/mol. The van der Waals surface area contributed by atoms with Gasteiger partial charge in [0.05, 0.1) is 3.79 Å². The number of carbonyl (C=O) groups is 1. The molecule has 0 atom stereocenters. The van der Waals surface area contributed by atoms with Crippen LogP contribution in [-0.2, 0) is 16.1 Å². The van der Waals surface area contributed by atoms with Crippen molar-refractivity contribution >= 4 is 33.2 Å². The summed E-state index contributed by atoms with van der Waals surface area (Å²) in [4.78, 5) is 13.5. The van der Waals surface area contributed by atoms with Crippen LogP contribution < -0.4 is 0 Å². The molecule has 1 heterocycles. The van der Waals surface area contributed by atoms with Gasteiger partial charge in [0, 0.05) is 33.2 Å². The monoisotopic (exact) mass is 319 g/mol. The van der Waals surface area contributed by atoms with Gasteiger partial charge in [0.2, 0.25) is 5.91 Å². The topological polar surface area (TPSA) is 29.5 Å². The van der Waals surface area contributed by atoms with Crippen molar-refractivity contribution in [2.45, 2.75) is 26.3 Å². The molecule has 0 unspecified atom stereocenters. The summed E-state index contributed by atoms with van der Waals surface area (Å²) in [7, 11) is 1.84. The van der Waals surface area contributed by atoms with Gasteiger partial charge in [-0.1, -0.05) is 0 Å². The fourth-order valence-corrected chi connectivity index (χ4v) is 2.65. The van der Waals surface area contributed by atoms with E-state index in [0.29, 0.717) is 26.2 Å². The molecule has 3 nitrogen and oxygen atoms in total. The van der Waals surface area contributed by atoms with Gasteiger partial charge >= 0.3 is 0 Å². The fraction of sp³-hybridized carbons (Fsp3) is 0.583. The van der Waals surface area contributed by atoms with Gasteiger partial charge in [0.15, 0.2) is 0 Å². The van der Waals surface area contributed by atoms with E-state index in [0.717, 1.165) is 10.2 Å². The van der Waals surface area contributed by atoms with E-state index in [1.807, 2.05) is 14.0 Å². The number of halogens is 1. The molecule has 0 aliphatic carbocycles. The molecule has 17 heavy (non-hydrogen) atoms. The Morgan fingerprint density at radius 3 is 2.94 bits per heavy atom. The van der Waals surface area contributed by atoms with Crippen molar-refractivity contribution in [3.05, 3.63) is 20.8 Å². The van der Waals surface area contributed by atoms with Crippen LogP contribution in [0.1, 0.15) is 25.3 Å². The lowest BCUT2D eigenvalue weighted by molar-refractivity contribution is -0.130. The normalized spacial score (nSPS) is 10.5. The maximum absolute atomic E-state index is 11.8. The molecule has 1 amide bonds. The largest absolute Gasteiger partial charge is 0.382 e. The zero-order valence-corrected chi connectivity index (χ0v) is 12.6. The zero-order valence-electron chi connectivity index (χ0n) is 10.2. The lowest BCUT2D eigenvalue weighted by Crippen LogP contribution is -2.25. The van der Waals surface area contributed by atoms with Crippen LogP contribution in [0.3, 0.4) is 0 Å². The first-order chi connectivity index (χ1) is 8.13. The number of carbonyl (C=O) groups excluding carboxylic acids is 1. The van der Waals surface area contributed by atoms with Crippen molar-refractivity contribution in [2.24, 2.45) is 0 Å². The molecule has 0 radical (unpaired) electrons. The Morgan fingerprint density at radius 2 is 2.35 bits per heavy atom. The predicted molar refractivity (Wildman–Crippen MR) is 74.2 cm³/mol. The van der Waals surface area contributed by atoms with Crippen molar-refractivity contribution in [3.63, 3.8) is 0 Å². The summed E-state index contributed by atoms with van der Waals surface area (Å²) in [5.41, 5.74) is 1.17. The molecule has 1 aromatic heterocycles. The number of thiophene rings is 1. The molecule has 0 bridgehead atoms. The average Bonchev–Trinajstić information content (AvgIpc) is 2.70. The maximum Gasteiger partial charge on any atom is 0.222 e. The summed E-state index contributed by atoms with van der Waals surface area (Å²) in [6.07, 6.45) is 1.35. The Kier molecular flexibility index (Phi) is 6.77. The molecular formula is C12H18BrNO2S. The lowest BCUT2D eigenvalue weighted by atomic mass is 10.2. The van der Waals surface area contributed by atoms with Gasteiger partial charge in [0.25, 0.3) is 0 Å². The van der Waals surface area contributed by atoms with Crippen LogP contribution in [0.15, 0.2) is 15.2 Å². The SMILES string of the molecule is CCOCCCC(=O)N(C)Cc1csc(Br)c1. The fourth-order valence-electron chi connectivity index (χ4n) is 1.45. The van der Waals surface area contributed by atoms with E-state index in [9.17, 15) is 4.79 Å². The molecule has 5 heteroatoms. The van der Waals surface area contributed by atoms with Crippen LogP contribution in [0.25, 0.3) is 0 Å². The van der Waals surface area contributed by atoms with Gasteiger partial charge in [0.1, 0.15) is 0 Å². The molecule has 1 rings (SSSR count). The first-order valence-electron chi connectivity index (χ1n) is 5.68. The minimum absolute atomic E-state index is 0.173. The molecule has 1 aromatic rings. The van der Waals surface area contributed by atoms with Crippen LogP contribution in [0.5, 0.6) is 0 Å². The Morgan fingerprint density at radius 1 is 1.59 bits per heavy atom. The van der Waals surface area contributed by atoms with Gasteiger partial charge in [-0.15, -0.1) is 11.3 Å². The Bertz CT molecular complexity index is 354. The summed E-state index contributed by atoms with van der Waals surface area (Å²) >= 11 is 5.06. The van der Waals surface area contributed by atoms with E-state index >= 15 is 0 Å². The van der Waals surface area contributed by atoms with Gasteiger partial charge in [-0.05, 0) is 46.3 Å². The molecule has 0 saturated heterocycles. The smallest absolute Gasteiger partial charge is 0.222 e. The number of ether oxygens (including phenoxy) is 1. The summed E-state index contributed by atoms with van der Waals surface area (Å²) in [6.45, 7) is 4.02. The molecule has 0 N–H and O–H groups in total. The quantitative estimate of drug-likeness (QED) is 0.722. The van der Waals surface area contributed by atoms with E-state index in [-0.39, 0.29) is 5.91 Å². The van der Waals surface area contributed by atoms with E-state index in [4.69, 9.17) is 4.74 Å². The summed E-state index contributed by atoms with van der Waals surface area (Å²) in [5, 5.41) is 2.06. The molecule has 0 saturated carbocycles. The van der Waals surface area contributed by atoms with Crippen molar-refractivity contribution in [3.8, 4) is 0 Å². The summed E-state index contributed by atoms with van der Waals surface area (Å²) in [6, 6.07) is 2.05. The van der Waals surface area contributed by atoms with Crippen LogP contribution in [0.4, 0.5) is 0 Å². The molecule has 0 fully saturated rings. The number of rotatable bonds is 7. The second-order valence-corrected chi connectivity index (χ2v) is 6.10. The Balaban J connectivity index is 2.27. The second-order valence-electron chi connectivity index (χ2n) is 3.81. The van der Waals surface area contributed by atoms with Crippen LogP contribution in [0, 0.1) is 0 Å². The van der Waals surface area contributed by atoms with Gasteiger partial charge in [-0.2, -0.15) is 0 Å². The minimum Gasteiger partial charge on any atom is -0.382 e. The van der Waals surface area contributed by atoms with Crippen LogP contribution >= 0.6 is 27.3 Å². The van der Waals surface area contributed by atoms with E-state index in [1.54, 1.807) is 16.2 Å². The van der Waals surface area contributed by atoms with E-state index < -0.39 is 0 Å². The molecule has 0 spiro atoms. The summed E-state index contributed by atoms with van der Waals surface area (Å²) < 4.78 is 6.31. The van der Waals surface area contributed by atoms with Crippen molar-refractivity contribution in [1.29, 1.82) is 0 Å². The van der Waals surface area contributed by atoms with Gasteiger partial charge in [-0.3, -0.25) is 4.79 Å². The van der Waals surface area contributed by atoms with Crippen LogP contribution in [-0.4, -0.2) is 31.1 Å². The lowest BCUT2D eigenvalue weighted by Gasteiger charge is -2.16. The molecule has 0 aliphatic heterocycles. The minimum atomic E-state index is 0.173. The third-order valence-corrected chi connectivity index (χ3v) is 3.90. The number of amides is 1. The van der Waals surface area contributed by atoms with E-state index in [1.165, 1.54) is 5.56 Å². The van der Waals surface area contributed by atoms with E-state index in [2.05, 4.69) is 27.4 Å². The Labute approximate surface area is 115 Å². The highest BCUT2D eigenvalue weighted by atomic mass is 79.9. The molecule has 0 aromatic carbocycles. The van der Waals surface area contributed by atoms with Crippen molar-refractivity contribution in [1.82, 2.24) is 4.90 Å². The summed E-state index contributed by atoms with van der Waals surface area (Å²) in [5.74, 6) is 0.173. The van der Waals surface area contributed by atoms with Crippen LogP contribution in [0.2, 0.25) is 0 Å². The first-order valence-corrected chi connectivity index (χ1v) is 7.35. The number of nitrogens with zero attached hydrogens (tertiary/aromatic N) is 1. The zero-order chi connectivity index (χ0) is 12.7. The average molecular weight is 320 g/mol.